The SMILES string of the molecule is CCOC(=O)c1ncc(OC(F)(F)F)c(C(F)F)c1I. The van der Waals surface area contributed by atoms with E-state index in [1.807, 2.05) is 0 Å². The first-order chi connectivity index (χ1) is 9.17. The molecule has 0 aliphatic rings. The van der Waals surface area contributed by atoms with E-state index in [9.17, 15) is 26.7 Å². The predicted octanol–water partition coefficient (Wildman–Crippen LogP) is 3.70. The van der Waals surface area contributed by atoms with Crippen LogP contribution in [0.4, 0.5) is 22.0 Å². The lowest BCUT2D eigenvalue weighted by molar-refractivity contribution is -0.275. The van der Waals surface area contributed by atoms with Gasteiger partial charge in [0.2, 0.25) is 0 Å². The van der Waals surface area contributed by atoms with Gasteiger partial charge in [-0.05, 0) is 29.5 Å². The Morgan fingerprint density at radius 3 is 2.50 bits per heavy atom. The molecule has 0 unspecified atom stereocenters. The van der Waals surface area contributed by atoms with Crippen LogP contribution in [-0.2, 0) is 4.74 Å². The molecule has 0 fully saturated rings. The number of ether oxygens (including phenoxy) is 2. The molecule has 1 aromatic heterocycles. The number of rotatable bonds is 4. The molecular weight excluding hydrogens is 404 g/mol. The van der Waals surface area contributed by atoms with Gasteiger partial charge in [0.15, 0.2) is 11.4 Å². The highest BCUT2D eigenvalue weighted by Gasteiger charge is 2.35. The summed E-state index contributed by atoms with van der Waals surface area (Å²) in [5.74, 6) is -2.15. The van der Waals surface area contributed by atoms with Crippen molar-refractivity contribution in [2.75, 3.05) is 6.61 Å². The van der Waals surface area contributed by atoms with Crippen molar-refractivity contribution in [3.05, 3.63) is 21.0 Å². The van der Waals surface area contributed by atoms with Crippen LogP contribution in [0.2, 0.25) is 0 Å². The number of alkyl halides is 5. The van der Waals surface area contributed by atoms with Gasteiger partial charge in [-0.3, -0.25) is 0 Å². The average molecular weight is 411 g/mol. The first-order valence-electron chi connectivity index (χ1n) is 5.06. The van der Waals surface area contributed by atoms with Gasteiger partial charge in [0.25, 0.3) is 6.43 Å². The summed E-state index contributed by atoms with van der Waals surface area (Å²) in [4.78, 5) is 14.8. The molecule has 1 rings (SSSR count). The molecule has 0 aromatic carbocycles. The van der Waals surface area contributed by atoms with Gasteiger partial charge in [0.1, 0.15) is 0 Å². The van der Waals surface area contributed by atoms with Gasteiger partial charge in [-0.1, -0.05) is 0 Å². The number of aromatic nitrogens is 1. The zero-order chi connectivity index (χ0) is 15.5. The molecule has 0 spiro atoms. The standard InChI is InChI=1S/C10H7F5INO3/c1-2-19-9(18)7-6(16)5(8(11)12)4(3-17-7)20-10(13,14)15/h3,8H,2H2,1H3. The summed E-state index contributed by atoms with van der Waals surface area (Å²) in [6.07, 6.45) is -7.99. The van der Waals surface area contributed by atoms with E-state index in [-0.39, 0.29) is 6.61 Å². The molecule has 0 radical (unpaired) electrons. The van der Waals surface area contributed by atoms with E-state index in [1.54, 1.807) is 0 Å². The van der Waals surface area contributed by atoms with E-state index < -0.39 is 39.3 Å². The van der Waals surface area contributed by atoms with Gasteiger partial charge in [-0.15, -0.1) is 13.2 Å². The molecule has 0 bridgehead atoms. The predicted molar refractivity (Wildman–Crippen MR) is 64.6 cm³/mol. The Bertz CT molecular complexity index is 506. The normalized spacial score (nSPS) is 11.6. The number of hydrogen-bond donors (Lipinski definition) is 0. The topological polar surface area (TPSA) is 48.4 Å². The maximum atomic E-state index is 12.9. The van der Waals surface area contributed by atoms with Gasteiger partial charge in [-0.25, -0.2) is 18.6 Å². The van der Waals surface area contributed by atoms with Crippen LogP contribution in [-0.4, -0.2) is 23.9 Å². The smallest absolute Gasteiger partial charge is 0.461 e. The minimum absolute atomic E-state index is 0.0264. The zero-order valence-electron chi connectivity index (χ0n) is 9.80. The highest BCUT2D eigenvalue weighted by Crippen LogP contribution is 2.36. The molecule has 0 aliphatic heterocycles. The maximum absolute atomic E-state index is 12.9. The Morgan fingerprint density at radius 1 is 1.45 bits per heavy atom. The number of carbonyl (C=O) groups is 1. The van der Waals surface area contributed by atoms with Gasteiger partial charge in [0.05, 0.1) is 21.9 Å². The number of halogens is 6. The highest BCUT2D eigenvalue weighted by atomic mass is 127. The third kappa shape index (κ3) is 4.15. The largest absolute Gasteiger partial charge is 0.573 e. The first-order valence-corrected chi connectivity index (χ1v) is 6.14. The number of esters is 1. The summed E-state index contributed by atoms with van der Waals surface area (Å²) < 4.78 is 69.6. The minimum Gasteiger partial charge on any atom is -0.461 e. The fraction of sp³-hybridized carbons (Fsp3) is 0.400. The van der Waals surface area contributed by atoms with E-state index in [4.69, 9.17) is 0 Å². The number of carbonyl (C=O) groups excluding carboxylic acids is 1. The van der Waals surface area contributed by atoms with Crippen molar-refractivity contribution in [1.29, 1.82) is 0 Å². The fourth-order valence-electron chi connectivity index (χ4n) is 1.24. The molecule has 1 aromatic rings. The minimum atomic E-state index is -5.14. The summed E-state index contributed by atoms with van der Waals surface area (Å²) in [5.41, 5.74) is -1.54. The molecule has 0 saturated carbocycles. The molecule has 0 aliphatic carbocycles. The number of hydrogen-bond acceptors (Lipinski definition) is 4. The second-order valence-electron chi connectivity index (χ2n) is 3.27. The van der Waals surface area contributed by atoms with Gasteiger partial charge in [-0.2, -0.15) is 0 Å². The van der Waals surface area contributed by atoms with Crippen molar-refractivity contribution in [3.8, 4) is 5.75 Å². The highest BCUT2D eigenvalue weighted by molar-refractivity contribution is 14.1. The summed E-state index contributed by atoms with van der Waals surface area (Å²) in [7, 11) is 0. The van der Waals surface area contributed by atoms with E-state index >= 15 is 0 Å². The van der Waals surface area contributed by atoms with Crippen LogP contribution in [0.5, 0.6) is 5.75 Å². The van der Waals surface area contributed by atoms with Crippen LogP contribution in [0.25, 0.3) is 0 Å². The lowest BCUT2D eigenvalue weighted by atomic mass is 10.2. The fourth-order valence-corrected chi connectivity index (χ4v) is 2.10. The molecule has 4 nitrogen and oxygen atoms in total. The lowest BCUT2D eigenvalue weighted by Crippen LogP contribution is -2.20. The van der Waals surface area contributed by atoms with Crippen LogP contribution >= 0.6 is 22.6 Å². The van der Waals surface area contributed by atoms with Crippen molar-refractivity contribution in [2.45, 2.75) is 19.7 Å². The van der Waals surface area contributed by atoms with Crippen molar-refractivity contribution >= 4 is 28.6 Å². The Hall–Kier alpha value is -1.20. The summed E-state index contributed by atoms with van der Waals surface area (Å²) >= 11 is 1.30. The van der Waals surface area contributed by atoms with Crippen LogP contribution in [0.3, 0.4) is 0 Å². The van der Waals surface area contributed by atoms with Crippen LogP contribution in [0.1, 0.15) is 29.4 Å². The lowest BCUT2D eigenvalue weighted by Gasteiger charge is -2.15. The van der Waals surface area contributed by atoms with Gasteiger partial charge >= 0.3 is 12.3 Å². The van der Waals surface area contributed by atoms with E-state index in [0.717, 1.165) is 0 Å². The molecule has 112 valence electrons. The second-order valence-corrected chi connectivity index (χ2v) is 4.35. The second kappa shape index (κ2) is 6.50. The van der Waals surface area contributed by atoms with E-state index in [2.05, 4.69) is 14.5 Å². The molecule has 0 N–H and O–H groups in total. The van der Waals surface area contributed by atoms with Crippen LogP contribution in [0, 0.1) is 3.57 Å². The number of pyridine rings is 1. The molecule has 0 atom stereocenters. The Balaban J connectivity index is 3.30. The first kappa shape index (κ1) is 16.9. The average Bonchev–Trinajstić information content (AvgIpc) is 2.26. The third-order valence-electron chi connectivity index (χ3n) is 1.93. The maximum Gasteiger partial charge on any atom is 0.573 e. The molecule has 0 amide bonds. The van der Waals surface area contributed by atoms with Crippen molar-refractivity contribution in [2.24, 2.45) is 0 Å². The van der Waals surface area contributed by atoms with Gasteiger partial charge in [0, 0.05) is 0 Å². The summed E-state index contributed by atoms with van der Waals surface area (Å²) in [5, 5.41) is 0. The summed E-state index contributed by atoms with van der Waals surface area (Å²) in [6, 6.07) is 0. The Labute approximate surface area is 123 Å². The van der Waals surface area contributed by atoms with Crippen molar-refractivity contribution in [3.63, 3.8) is 0 Å². The number of nitrogens with zero attached hydrogens (tertiary/aromatic N) is 1. The molecule has 1 heterocycles. The zero-order valence-corrected chi connectivity index (χ0v) is 12.0. The molecule has 0 saturated heterocycles. The van der Waals surface area contributed by atoms with Crippen molar-refractivity contribution in [1.82, 2.24) is 4.98 Å². The third-order valence-corrected chi connectivity index (χ3v) is 3.03. The van der Waals surface area contributed by atoms with E-state index in [1.165, 1.54) is 29.5 Å². The Kier molecular flexibility index (Phi) is 5.48. The van der Waals surface area contributed by atoms with Gasteiger partial charge < -0.3 is 9.47 Å². The quantitative estimate of drug-likeness (QED) is 0.431. The van der Waals surface area contributed by atoms with Crippen molar-refractivity contribution < 1.29 is 36.2 Å². The molecule has 10 heteroatoms. The Morgan fingerprint density at radius 2 is 2.05 bits per heavy atom. The summed E-state index contributed by atoms with van der Waals surface area (Å²) in [6.45, 7) is 1.46. The van der Waals surface area contributed by atoms with Crippen LogP contribution < -0.4 is 4.74 Å². The molecular formula is C10H7F5INO3. The molecule has 20 heavy (non-hydrogen) atoms. The van der Waals surface area contributed by atoms with Crippen LogP contribution in [0.15, 0.2) is 6.20 Å². The van der Waals surface area contributed by atoms with E-state index in [0.29, 0.717) is 6.20 Å². The monoisotopic (exact) mass is 411 g/mol.